The number of rotatable bonds is 8. The van der Waals surface area contributed by atoms with Crippen molar-refractivity contribution in [2.45, 2.75) is 19.8 Å². The minimum Gasteiger partial charge on any atom is -0.355 e. The number of carbonyl (C=O) groups is 2. The summed E-state index contributed by atoms with van der Waals surface area (Å²) in [4.78, 5) is 21.4. The first-order valence-corrected chi connectivity index (χ1v) is 5.17. The van der Waals surface area contributed by atoms with Crippen molar-refractivity contribution in [1.29, 1.82) is 0 Å². The number of nitrogens with one attached hydrogen (secondary N) is 3. The van der Waals surface area contributed by atoms with Crippen LogP contribution in [-0.4, -0.2) is 38.1 Å². The van der Waals surface area contributed by atoms with E-state index in [1.54, 1.807) is 0 Å². The smallest absolute Gasteiger partial charge is 0.312 e. The van der Waals surface area contributed by atoms with Crippen molar-refractivity contribution in [1.82, 2.24) is 16.0 Å². The summed E-state index contributed by atoms with van der Waals surface area (Å²) in [5.74, 6) is -0.000268. The number of nitrogens with two attached hydrogens (primary N) is 1. The van der Waals surface area contributed by atoms with Crippen molar-refractivity contribution in [3.05, 3.63) is 0 Å². The molecule has 0 aromatic carbocycles. The molecule has 0 saturated carbocycles. The van der Waals surface area contributed by atoms with Crippen LogP contribution in [0.25, 0.3) is 0 Å². The fraction of sp³-hybridized carbons (Fsp3) is 0.778. The quantitative estimate of drug-likeness (QED) is 0.398. The van der Waals surface area contributed by atoms with E-state index in [2.05, 4.69) is 16.0 Å². The van der Waals surface area contributed by atoms with Crippen molar-refractivity contribution in [3.8, 4) is 0 Å². The Morgan fingerprint density at radius 3 is 2.27 bits per heavy atom. The van der Waals surface area contributed by atoms with E-state index in [4.69, 9.17) is 5.73 Å². The summed E-state index contributed by atoms with van der Waals surface area (Å²) in [5, 5.41) is 8.17. The third-order valence-corrected chi connectivity index (χ3v) is 1.76. The molecule has 15 heavy (non-hydrogen) atoms. The SMILES string of the molecule is CCNCC(=O)NCCCCNC(N)=O. The molecular formula is C9H20N4O2. The van der Waals surface area contributed by atoms with Crippen molar-refractivity contribution in [2.75, 3.05) is 26.2 Å². The molecule has 88 valence electrons. The Morgan fingerprint density at radius 2 is 1.73 bits per heavy atom. The lowest BCUT2D eigenvalue weighted by atomic mass is 10.3. The van der Waals surface area contributed by atoms with Gasteiger partial charge in [0.25, 0.3) is 0 Å². The predicted octanol–water partition coefficient (Wildman–Crippen LogP) is -0.839. The van der Waals surface area contributed by atoms with Crippen LogP contribution in [-0.2, 0) is 4.79 Å². The predicted molar refractivity (Wildman–Crippen MR) is 58.4 cm³/mol. The number of likely N-dealkylation sites (N-methyl/N-ethyl adjacent to an activating group) is 1. The third kappa shape index (κ3) is 10.6. The van der Waals surface area contributed by atoms with Gasteiger partial charge >= 0.3 is 6.03 Å². The van der Waals surface area contributed by atoms with Gasteiger partial charge in [0.15, 0.2) is 0 Å². The lowest BCUT2D eigenvalue weighted by molar-refractivity contribution is -0.120. The van der Waals surface area contributed by atoms with Crippen LogP contribution < -0.4 is 21.7 Å². The highest BCUT2D eigenvalue weighted by atomic mass is 16.2. The molecule has 0 aliphatic carbocycles. The molecule has 0 rings (SSSR count). The van der Waals surface area contributed by atoms with Crippen molar-refractivity contribution in [3.63, 3.8) is 0 Å². The average molecular weight is 216 g/mol. The second-order valence-corrected chi connectivity index (χ2v) is 3.13. The van der Waals surface area contributed by atoms with Crippen LogP contribution in [0.5, 0.6) is 0 Å². The van der Waals surface area contributed by atoms with E-state index in [-0.39, 0.29) is 5.91 Å². The molecule has 0 bridgehead atoms. The maximum atomic E-state index is 11.1. The number of urea groups is 1. The molecule has 0 spiro atoms. The van der Waals surface area contributed by atoms with Gasteiger partial charge in [0.1, 0.15) is 0 Å². The number of amides is 3. The molecular weight excluding hydrogens is 196 g/mol. The molecule has 6 heteroatoms. The molecule has 0 aliphatic heterocycles. The van der Waals surface area contributed by atoms with Crippen LogP contribution in [0, 0.1) is 0 Å². The van der Waals surface area contributed by atoms with Crippen LogP contribution in [0.15, 0.2) is 0 Å². The fourth-order valence-corrected chi connectivity index (χ4v) is 0.990. The summed E-state index contributed by atoms with van der Waals surface area (Å²) in [5.41, 5.74) is 4.88. The van der Waals surface area contributed by atoms with E-state index >= 15 is 0 Å². The van der Waals surface area contributed by atoms with E-state index in [1.165, 1.54) is 0 Å². The van der Waals surface area contributed by atoms with E-state index in [0.29, 0.717) is 19.6 Å². The van der Waals surface area contributed by atoms with Gasteiger partial charge in [0.05, 0.1) is 6.54 Å². The normalized spacial score (nSPS) is 9.67. The van der Waals surface area contributed by atoms with Gasteiger partial charge < -0.3 is 21.7 Å². The second-order valence-electron chi connectivity index (χ2n) is 3.13. The van der Waals surface area contributed by atoms with Crippen LogP contribution in [0.3, 0.4) is 0 Å². The topological polar surface area (TPSA) is 96.2 Å². The first-order chi connectivity index (χ1) is 7.16. The van der Waals surface area contributed by atoms with E-state index < -0.39 is 6.03 Å². The van der Waals surface area contributed by atoms with E-state index in [1.807, 2.05) is 6.92 Å². The number of hydrogen-bond acceptors (Lipinski definition) is 3. The number of hydrogen-bond donors (Lipinski definition) is 4. The largest absolute Gasteiger partial charge is 0.355 e. The lowest BCUT2D eigenvalue weighted by Gasteiger charge is -2.05. The summed E-state index contributed by atoms with van der Waals surface area (Å²) in [6.45, 7) is 4.28. The highest BCUT2D eigenvalue weighted by molar-refractivity contribution is 5.77. The Labute approximate surface area is 90.0 Å². The van der Waals surface area contributed by atoms with Crippen LogP contribution in [0.2, 0.25) is 0 Å². The molecule has 0 saturated heterocycles. The molecule has 0 atom stereocenters. The van der Waals surface area contributed by atoms with Gasteiger partial charge in [-0.3, -0.25) is 4.79 Å². The maximum Gasteiger partial charge on any atom is 0.312 e. The number of primary amides is 1. The average Bonchev–Trinajstić information content (AvgIpc) is 2.19. The summed E-state index contributed by atoms with van der Waals surface area (Å²) in [6, 6.07) is -0.508. The fourth-order valence-electron chi connectivity index (χ4n) is 0.990. The Balaban J connectivity index is 3.16. The van der Waals surface area contributed by atoms with Gasteiger partial charge in [0, 0.05) is 13.1 Å². The first kappa shape index (κ1) is 13.7. The van der Waals surface area contributed by atoms with Gasteiger partial charge in [-0.05, 0) is 19.4 Å². The number of carbonyl (C=O) groups excluding carboxylic acids is 2. The van der Waals surface area contributed by atoms with Crippen LogP contribution >= 0.6 is 0 Å². The summed E-state index contributed by atoms with van der Waals surface area (Å²) in [7, 11) is 0. The summed E-state index contributed by atoms with van der Waals surface area (Å²) >= 11 is 0. The molecule has 6 nitrogen and oxygen atoms in total. The van der Waals surface area contributed by atoms with Gasteiger partial charge in [-0.25, -0.2) is 4.79 Å². The van der Waals surface area contributed by atoms with Gasteiger partial charge in [-0.1, -0.05) is 6.92 Å². The molecule has 3 amide bonds. The molecule has 5 N–H and O–H groups in total. The minimum absolute atomic E-state index is 0.000268. The zero-order chi connectivity index (χ0) is 11.5. The summed E-state index contributed by atoms with van der Waals surface area (Å²) < 4.78 is 0. The van der Waals surface area contributed by atoms with Crippen LogP contribution in [0.1, 0.15) is 19.8 Å². The van der Waals surface area contributed by atoms with Crippen LogP contribution in [0.4, 0.5) is 4.79 Å². The minimum atomic E-state index is -0.508. The third-order valence-electron chi connectivity index (χ3n) is 1.76. The van der Waals surface area contributed by atoms with E-state index in [9.17, 15) is 9.59 Å². The van der Waals surface area contributed by atoms with Gasteiger partial charge in [-0.2, -0.15) is 0 Å². The molecule has 0 fully saturated rings. The van der Waals surface area contributed by atoms with Gasteiger partial charge in [-0.15, -0.1) is 0 Å². The highest BCUT2D eigenvalue weighted by Crippen LogP contribution is 1.83. The molecule has 0 aromatic rings. The molecule has 0 unspecified atom stereocenters. The Kier molecular flexibility index (Phi) is 8.46. The molecule has 0 radical (unpaired) electrons. The number of unbranched alkanes of at least 4 members (excludes halogenated alkanes) is 1. The Hall–Kier alpha value is -1.30. The van der Waals surface area contributed by atoms with Crippen molar-refractivity contribution < 1.29 is 9.59 Å². The standard InChI is InChI=1S/C9H20N4O2/c1-2-11-7-8(14)12-5-3-4-6-13-9(10)15/h11H,2-7H2,1H3,(H,12,14)(H3,10,13,15). The molecule has 0 aromatic heterocycles. The monoisotopic (exact) mass is 216 g/mol. The zero-order valence-electron chi connectivity index (χ0n) is 9.14. The van der Waals surface area contributed by atoms with Crippen molar-refractivity contribution in [2.24, 2.45) is 5.73 Å². The maximum absolute atomic E-state index is 11.1. The zero-order valence-corrected chi connectivity index (χ0v) is 9.14. The van der Waals surface area contributed by atoms with E-state index in [0.717, 1.165) is 19.4 Å². The highest BCUT2D eigenvalue weighted by Gasteiger charge is 1.98. The molecule has 0 aliphatic rings. The first-order valence-electron chi connectivity index (χ1n) is 5.17. The van der Waals surface area contributed by atoms with Crippen molar-refractivity contribution >= 4 is 11.9 Å². The Bertz CT molecular complexity index is 197. The molecule has 0 heterocycles. The summed E-state index contributed by atoms with van der Waals surface area (Å²) in [6.07, 6.45) is 1.64. The Morgan fingerprint density at radius 1 is 1.13 bits per heavy atom. The lowest BCUT2D eigenvalue weighted by Crippen LogP contribution is -2.34. The van der Waals surface area contributed by atoms with Gasteiger partial charge in [0.2, 0.25) is 5.91 Å². The second kappa shape index (κ2) is 9.26.